The summed E-state index contributed by atoms with van der Waals surface area (Å²) in [5.74, 6) is 0. The first kappa shape index (κ1) is 41.8. The Kier molecular flexibility index (Phi) is 22.4. The van der Waals surface area contributed by atoms with E-state index in [1.807, 2.05) is 22.7 Å². The van der Waals surface area contributed by atoms with E-state index in [-0.39, 0.29) is 0 Å². The summed E-state index contributed by atoms with van der Waals surface area (Å²) in [5.41, 5.74) is 3.30. The molecule has 0 saturated heterocycles. The van der Waals surface area contributed by atoms with Gasteiger partial charge in [0.2, 0.25) is 0 Å². The molecule has 0 aromatic carbocycles. The van der Waals surface area contributed by atoms with Crippen LogP contribution in [0.1, 0.15) is 205 Å². The molecule has 4 aromatic rings. The first-order chi connectivity index (χ1) is 24.8. The summed E-state index contributed by atoms with van der Waals surface area (Å²) in [6, 6.07) is 9.24. The molecule has 0 atom stereocenters. The molecule has 0 saturated carbocycles. The van der Waals surface area contributed by atoms with Crippen molar-refractivity contribution in [3.8, 4) is 19.5 Å². The molecule has 4 aromatic heterocycles. The summed E-state index contributed by atoms with van der Waals surface area (Å²) in [5, 5.41) is 4.73. The molecule has 0 aliphatic heterocycles. The minimum Gasteiger partial charge on any atom is -0.143 e. The van der Waals surface area contributed by atoms with E-state index in [9.17, 15) is 0 Å². The number of hydrogen-bond acceptors (Lipinski definition) is 4. The number of thiophene rings is 4. The second kappa shape index (κ2) is 26.8. The molecule has 0 nitrogen and oxygen atoms in total. The van der Waals surface area contributed by atoms with Gasteiger partial charge in [0.05, 0.1) is 0 Å². The van der Waals surface area contributed by atoms with E-state index in [0.29, 0.717) is 0 Å². The Morgan fingerprint density at radius 2 is 0.860 bits per heavy atom. The van der Waals surface area contributed by atoms with E-state index in [0.717, 1.165) is 0 Å². The molecule has 4 heteroatoms. The first-order valence-electron chi connectivity index (χ1n) is 21.5. The van der Waals surface area contributed by atoms with Gasteiger partial charge in [0.15, 0.2) is 0 Å². The topological polar surface area (TPSA) is 0 Å². The minimum atomic E-state index is 1.25. The van der Waals surface area contributed by atoms with Crippen molar-refractivity contribution in [2.75, 3.05) is 0 Å². The third kappa shape index (κ3) is 15.6. The lowest BCUT2D eigenvalue weighted by Gasteiger charge is -2.05. The molecule has 0 N–H and O–H groups in total. The summed E-state index contributed by atoms with van der Waals surface area (Å²) >= 11 is 8.05. The molecule has 0 fully saturated rings. The zero-order valence-electron chi connectivity index (χ0n) is 32.3. The van der Waals surface area contributed by atoms with Crippen LogP contribution in [0, 0.1) is 0 Å². The zero-order chi connectivity index (χ0) is 34.9. The van der Waals surface area contributed by atoms with E-state index in [2.05, 4.69) is 71.5 Å². The fraction of sp³-hybridized carbons (Fsp3) is 0.696. The molecule has 4 heterocycles. The van der Waals surface area contributed by atoms with E-state index in [4.69, 9.17) is 0 Å². The van der Waals surface area contributed by atoms with Crippen LogP contribution in [0.15, 0.2) is 35.0 Å². The van der Waals surface area contributed by atoms with Gasteiger partial charge in [0.25, 0.3) is 0 Å². The van der Waals surface area contributed by atoms with Crippen LogP contribution in [0.5, 0.6) is 0 Å². The lowest BCUT2D eigenvalue weighted by molar-refractivity contribution is 0.535. The van der Waals surface area contributed by atoms with Crippen molar-refractivity contribution in [2.45, 2.75) is 206 Å². The van der Waals surface area contributed by atoms with Crippen molar-refractivity contribution in [1.82, 2.24) is 0 Å². The average Bonchev–Trinajstić information content (AvgIpc) is 3.95. The van der Waals surface area contributed by atoms with Crippen molar-refractivity contribution in [1.29, 1.82) is 0 Å². The molecular weight excluding hydrogens is 681 g/mol. The summed E-state index contributed by atoms with van der Waals surface area (Å²) in [4.78, 5) is 5.91. The lowest BCUT2D eigenvalue weighted by Crippen LogP contribution is -1.87. The molecule has 0 aliphatic rings. The van der Waals surface area contributed by atoms with Crippen LogP contribution in [-0.2, 0) is 12.8 Å². The molecule has 280 valence electrons. The Hall–Kier alpha value is -0.940. The van der Waals surface area contributed by atoms with Crippen LogP contribution in [0.3, 0.4) is 0 Å². The van der Waals surface area contributed by atoms with Gasteiger partial charge in [0, 0.05) is 28.9 Å². The Bertz CT molecular complexity index is 1350. The highest BCUT2D eigenvalue weighted by molar-refractivity contribution is 7.32. The van der Waals surface area contributed by atoms with Gasteiger partial charge in [-0.1, -0.05) is 187 Å². The smallest absolute Gasteiger partial charge is 0.0495 e. The maximum atomic E-state index is 2.52. The summed E-state index contributed by atoms with van der Waals surface area (Å²) < 4.78 is 3.23. The molecule has 0 bridgehead atoms. The number of aryl methyl sites for hydroxylation is 2. The molecule has 50 heavy (non-hydrogen) atoms. The van der Waals surface area contributed by atoms with Gasteiger partial charge in [-0.3, -0.25) is 0 Å². The summed E-state index contributed by atoms with van der Waals surface area (Å²) in [6.45, 7) is 4.62. The quantitative estimate of drug-likeness (QED) is 0.0436. The Labute approximate surface area is 324 Å². The highest BCUT2D eigenvalue weighted by Gasteiger charge is 2.19. The van der Waals surface area contributed by atoms with E-state index >= 15 is 0 Å². The zero-order valence-corrected chi connectivity index (χ0v) is 35.6. The van der Waals surface area contributed by atoms with Crippen LogP contribution in [0.2, 0.25) is 0 Å². The van der Waals surface area contributed by atoms with Gasteiger partial charge in [-0.2, -0.15) is 0 Å². The van der Waals surface area contributed by atoms with Crippen LogP contribution in [0.4, 0.5) is 0 Å². The lowest BCUT2D eigenvalue weighted by atomic mass is 10.0. The largest absolute Gasteiger partial charge is 0.143 e. The van der Waals surface area contributed by atoms with Crippen LogP contribution < -0.4 is 0 Å². The van der Waals surface area contributed by atoms with Gasteiger partial charge >= 0.3 is 0 Å². The highest BCUT2D eigenvalue weighted by atomic mass is 32.1. The number of fused-ring (bicyclic) bond motifs is 1. The standard InChI is InChI=1S/C46H72S4/c1-3-5-7-9-11-13-15-17-19-21-23-25-27-29-32-39-38-48-46-40(33-30-28-26-24-22-20-18-16-14-12-10-8-6-4-2)45(50-44(39)46)43-36-35-42(49-43)41-34-31-37-47-41/h31,34-38H,3-30,32-33H2,1-2H3. The number of hydrogen-bond donors (Lipinski definition) is 0. The molecular formula is C46H72S4. The van der Waals surface area contributed by atoms with Crippen LogP contribution >= 0.6 is 45.3 Å². The summed E-state index contributed by atoms with van der Waals surface area (Å²) in [6.07, 6.45) is 42.6. The van der Waals surface area contributed by atoms with E-state index in [1.54, 1.807) is 25.4 Å². The minimum absolute atomic E-state index is 1.25. The fourth-order valence-corrected chi connectivity index (χ4v) is 12.3. The fourth-order valence-electron chi connectivity index (χ4n) is 7.59. The van der Waals surface area contributed by atoms with Gasteiger partial charge in [0.1, 0.15) is 0 Å². The van der Waals surface area contributed by atoms with Crippen molar-refractivity contribution in [3.05, 3.63) is 46.2 Å². The Balaban J connectivity index is 1.18. The predicted molar refractivity (Wildman–Crippen MR) is 234 cm³/mol. The van der Waals surface area contributed by atoms with Gasteiger partial charge in [-0.05, 0) is 65.8 Å². The molecule has 0 spiro atoms. The van der Waals surface area contributed by atoms with Crippen LogP contribution in [-0.4, -0.2) is 0 Å². The van der Waals surface area contributed by atoms with Crippen molar-refractivity contribution < 1.29 is 0 Å². The SMILES string of the molecule is CCCCCCCCCCCCCCCCc1csc2c(CCCCCCCCCCCCCCCC)c(-c3ccc(-c4cccs4)s3)sc12. The maximum Gasteiger partial charge on any atom is 0.0495 e. The molecule has 0 amide bonds. The molecule has 0 unspecified atom stereocenters. The van der Waals surface area contributed by atoms with Crippen molar-refractivity contribution in [3.63, 3.8) is 0 Å². The first-order valence-corrected chi connectivity index (χ1v) is 24.9. The molecule has 0 radical (unpaired) electrons. The Morgan fingerprint density at radius 3 is 1.34 bits per heavy atom. The predicted octanol–water partition coefficient (Wildman–Crippen LogP) is 18.5. The number of rotatable bonds is 32. The third-order valence-electron chi connectivity index (χ3n) is 10.7. The summed E-state index contributed by atoms with van der Waals surface area (Å²) in [7, 11) is 0. The normalized spacial score (nSPS) is 11.8. The second-order valence-electron chi connectivity index (χ2n) is 15.2. The van der Waals surface area contributed by atoms with Gasteiger partial charge < -0.3 is 0 Å². The number of unbranched alkanes of at least 4 members (excludes halogenated alkanes) is 26. The molecule has 0 aliphatic carbocycles. The third-order valence-corrected chi connectivity index (χ3v) is 15.6. The van der Waals surface area contributed by atoms with Gasteiger partial charge in [-0.25, -0.2) is 0 Å². The van der Waals surface area contributed by atoms with E-state index in [1.165, 1.54) is 207 Å². The van der Waals surface area contributed by atoms with Crippen LogP contribution in [0.25, 0.3) is 28.9 Å². The second-order valence-corrected chi connectivity index (χ2v) is 19.1. The monoisotopic (exact) mass is 752 g/mol. The maximum absolute atomic E-state index is 2.52. The van der Waals surface area contributed by atoms with Crippen molar-refractivity contribution >= 4 is 54.7 Å². The molecule has 4 rings (SSSR count). The average molecular weight is 753 g/mol. The van der Waals surface area contributed by atoms with E-state index < -0.39 is 0 Å². The Morgan fingerprint density at radius 1 is 0.400 bits per heavy atom. The van der Waals surface area contributed by atoms with Crippen molar-refractivity contribution in [2.24, 2.45) is 0 Å². The highest BCUT2D eigenvalue weighted by Crippen LogP contribution is 2.47. The van der Waals surface area contributed by atoms with Gasteiger partial charge in [-0.15, -0.1) is 45.3 Å².